The van der Waals surface area contributed by atoms with Crippen LogP contribution >= 0.6 is 0 Å². The molecule has 0 bridgehead atoms. The van der Waals surface area contributed by atoms with Crippen molar-refractivity contribution in [2.75, 3.05) is 32.8 Å². The van der Waals surface area contributed by atoms with Crippen molar-refractivity contribution in [2.24, 2.45) is 0 Å². The average Bonchev–Trinajstić information content (AvgIpc) is 3.16. The normalized spacial score (nSPS) is 11.6. The third-order valence-corrected chi connectivity index (χ3v) is 10.2. The summed E-state index contributed by atoms with van der Waals surface area (Å²) in [4.78, 5) is 37.1. The third-order valence-electron chi connectivity index (χ3n) is 10.2. The van der Waals surface area contributed by atoms with Crippen LogP contribution in [0.1, 0.15) is 233 Å². The first-order valence-electron chi connectivity index (χ1n) is 23.3. The van der Waals surface area contributed by atoms with Gasteiger partial charge < -0.3 is 30.2 Å². The van der Waals surface area contributed by atoms with E-state index in [4.69, 9.17) is 14.2 Å². The summed E-state index contributed by atoms with van der Waals surface area (Å²) in [6, 6.07) is 0. The number of hydrogen-bond acceptors (Lipinski definition) is 6. The number of carbonyl (C=O) groups excluding carboxylic acids is 3. The van der Waals surface area contributed by atoms with Crippen molar-refractivity contribution in [2.45, 2.75) is 239 Å². The van der Waals surface area contributed by atoms with E-state index in [1.54, 1.807) is 0 Å². The van der Waals surface area contributed by atoms with Gasteiger partial charge in [0.15, 0.2) is 0 Å². The van der Waals surface area contributed by atoms with E-state index in [1.807, 2.05) is 0 Å². The molecule has 0 aromatic rings. The number of rotatable bonds is 41. The van der Waals surface area contributed by atoms with Crippen LogP contribution < -0.4 is 16.0 Å². The lowest BCUT2D eigenvalue weighted by Crippen LogP contribution is -2.34. The molecule has 0 radical (unpaired) electrons. The molecule has 0 saturated carbocycles. The quantitative estimate of drug-likeness (QED) is 0.0421. The number of alkyl carbamates (subject to hydrolysis) is 3. The first kappa shape index (κ1) is 51.8. The number of nitrogens with one attached hydrogen (secondary N) is 3. The highest BCUT2D eigenvalue weighted by molar-refractivity contribution is 5.68. The van der Waals surface area contributed by atoms with Crippen LogP contribution in [0.25, 0.3) is 0 Å². The SMILES string of the molecule is CCCCCCCCCCCCNC(=O)OCCCCC(COC(=O)NCCCCCCCCCCCC)OC(=O)NCCCCCCCCCCCC. The predicted octanol–water partition coefficient (Wildman–Crippen LogP) is 13.5. The van der Waals surface area contributed by atoms with Crippen LogP contribution in [0.5, 0.6) is 0 Å². The number of amides is 3. The third kappa shape index (κ3) is 41.0. The highest BCUT2D eigenvalue weighted by atomic mass is 16.6. The summed E-state index contributed by atoms with van der Waals surface area (Å²) < 4.78 is 16.5. The van der Waals surface area contributed by atoms with E-state index in [1.165, 1.54) is 154 Å². The summed E-state index contributed by atoms with van der Waals surface area (Å²) in [7, 11) is 0. The Morgan fingerprint density at radius 2 is 0.685 bits per heavy atom. The molecular formula is C45H89N3O6. The van der Waals surface area contributed by atoms with Gasteiger partial charge in [0, 0.05) is 19.6 Å². The van der Waals surface area contributed by atoms with Crippen molar-refractivity contribution >= 4 is 18.3 Å². The fraction of sp³-hybridized carbons (Fsp3) is 0.933. The average molecular weight is 768 g/mol. The second kappa shape index (κ2) is 43.5. The van der Waals surface area contributed by atoms with E-state index < -0.39 is 18.3 Å². The Balaban J connectivity index is 4.27. The smallest absolute Gasteiger partial charge is 0.407 e. The van der Waals surface area contributed by atoms with Crippen molar-refractivity contribution in [3.63, 3.8) is 0 Å². The zero-order chi connectivity index (χ0) is 39.4. The van der Waals surface area contributed by atoms with Gasteiger partial charge >= 0.3 is 18.3 Å². The maximum atomic E-state index is 12.6. The molecule has 0 aromatic carbocycles. The molecule has 9 heteroatoms. The van der Waals surface area contributed by atoms with Crippen LogP contribution in [0, 0.1) is 0 Å². The summed E-state index contributed by atoms with van der Waals surface area (Å²) in [5, 5.41) is 8.56. The fourth-order valence-corrected chi connectivity index (χ4v) is 6.69. The minimum absolute atomic E-state index is 0.00423. The summed E-state index contributed by atoms with van der Waals surface area (Å²) in [5.74, 6) is 0. The van der Waals surface area contributed by atoms with Crippen LogP contribution in [0.3, 0.4) is 0 Å². The number of hydrogen-bond donors (Lipinski definition) is 3. The van der Waals surface area contributed by atoms with Crippen LogP contribution in [-0.4, -0.2) is 57.2 Å². The molecule has 54 heavy (non-hydrogen) atoms. The molecule has 320 valence electrons. The lowest BCUT2D eigenvalue weighted by Gasteiger charge is -2.18. The maximum absolute atomic E-state index is 12.6. The highest BCUT2D eigenvalue weighted by Crippen LogP contribution is 2.13. The Kier molecular flexibility index (Phi) is 41.8. The van der Waals surface area contributed by atoms with E-state index in [0.717, 1.165) is 38.5 Å². The lowest BCUT2D eigenvalue weighted by molar-refractivity contribution is 0.0380. The van der Waals surface area contributed by atoms with Gasteiger partial charge in [-0.05, 0) is 38.5 Å². The number of unbranched alkanes of at least 4 members (excludes halogenated alkanes) is 28. The van der Waals surface area contributed by atoms with E-state index in [-0.39, 0.29) is 12.7 Å². The van der Waals surface area contributed by atoms with Crippen molar-refractivity contribution in [1.82, 2.24) is 16.0 Å². The van der Waals surface area contributed by atoms with Crippen molar-refractivity contribution in [3.05, 3.63) is 0 Å². The second-order valence-corrected chi connectivity index (χ2v) is 15.6. The van der Waals surface area contributed by atoms with Crippen molar-refractivity contribution in [1.29, 1.82) is 0 Å². The molecule has 1 unspecified atom stereocenters. The summed E-state index contributed by atoms with van der Waals surface area (Å²) in [5.41, 5.74) is 0. The Bertz CT molecular complexity index is 814. The molecule has 3 amide bonds. The molecular weight excluding hydrogens is 679 g/mol. The molecule has 0 fully saturated rings. The molecule has 0 spiro atoms. The molecule has 0 aromatic heterocycles. The minimum Gasteiger partial charge on any atom is -0.450 e. The molecule has 0 aliphatic rings. The summed E-state index contributed by atoms with van der Waals surface area (Å²) >= 11 is 0. The van der Waals surface area contributed by atoms with Gasteiger partial charge in [-0.3, -0.25) is 0 Å². The van der Waals surface area contributed by atoms with Gasteiger partial charge in [0.1, 0.15) is 12.7 Å². The maximum Gasteiger partial charge on any atom is 0.407 e. The predicted molar refractivity (Wildman–Crippen MR) is 226 cm³/mol. The van der Waals surface area contributed by atoms with Crippen LogP contribution in [0.2, 0.25) is 0 Å². The van der Waals surface area contributed by atoms with Crippen LogP contribution in [-0.2, 0) is 14.2 Å². The largest absolute Gasteiger partial charge is 0.450 e. The van der Waals surface area contributed by atoms with Gasteiger partial charge in [0.25, 0.3) is 0 Å². The zero-order valence-electron chi connectivity index (χ0n) is 35.9. The summed E-state index contributed by atoms with van der Waals surface area (Å²) in [6.45, 7) is 8.83. The Morgan fingerprint density at radius 3 is 1.06 bits per heavy atom. The second-order valence-electron chi connectivity index (χ2n) is 15.6. The molecule has 3 N–H and O–H groups in total. The van der Waals surface area contributed by atoms with Crippen molar-refractivity contribution < 1.29 is 28.6 Å². The molecule has 9 nitrogen and oxygen atoms in total. The standard InChI is InChI=1S/C45H89N3O6/c1-4-7-10-13-16-19-22-25-28-32-37-46-43(49)52-40-35-31-36-42(54-45(51)48-39-34-30-27-24-21-18-15-12-9-6-3)41-53-44(50)47-38-33-29-26-23-20-17-14-11-8-5-2/h42H,4-41H2,1-3H3,(H,46,49)(H,47,50)(H,48,51). The first-order chi connectivity index (χ1) is 26.5. The molecule has 0 saturated heterocycles. The van der Waals surface area contributed by atoms with Gasteiger partial charge in [-0.2, -0.15) is 0 Å². The van der Waals surface area contributed by atoms with Crippen LogP contribution in [0.4, 0.5) is 14.4 Å². The monoisotopic (exact) mass is 768 g/mol. The first-order valence-corrected chi connectivity index (χ1v) is 23.3. The van der Waals surface area contributed by atoms with Crippen LogP contribution in [0.15, 0.2) is 0 Å². The fourth-order valence-electron chi connectivity index (χ4n) is 6.69. The van der Waals surface area contributed by atoms with Gasteiger partial charge in [-0.15, -0.1) is 0 Å². The lowest BCUT2D eigenvalue weighted by atomic mass is 10.1. The number of ether oxygens (including phenoxy) is 3. The van der Waals surface area contributed by atoms with Gasteiger partial charge in [0.2, 0.25) is 0 Å². The van der Waals surface area contributed by atoms with E-state index >= 15 is 0 Å². The van der Waals surface area contributed by atoms with Gasteiger partial charge in [-0.25, -0.2) is 14.4 Å². The van der Waals surface area contributed by atoms with E-state index in [0.29, 0.717) is 45.5 Å². The molecule has 0 aliphatic heterocycles. The van der Waals surface area contributed by atoms with Crippen molar-refractivity contribution in [3.8, 4) is 0 Å². The summed E-state index contributed by atoms with van der Waals surface area (Å²) in [6.07, 6.45) is 37.3. The Morgan fingerprint density at radius 1 is 0.370 bits per heavy atom. The molecule has 0 heterocycles. The van der Waals surface area contributed by atoms with E-state index in [2.05, 4.69) is 36.7 Å². The zero-order valence-corrected chi connectivity index (χ0v) is 35.9. The van der Waals surface area contributed by atoms with Gasteiger partial charge in [0.05, 0.1) is 6.61 Å². The highest BCUT2D eigenvalue weighted by Gasteiger charge is 2.17. The van der Waals surface area contributed by atoms with E-state index in [9.17, 15) is 14.4 Å². The Hall–Kier alpha value is -2.19. The Labute approximate surface area is 333 Å². The van der Waals surface area contributed by atoms with Gasteiger partial charge in [-0.1, -0.05) is 194 Å². The molecule has 0 aliphatic carbocycles. The molecule has 0 rings (SSSR count). The molecule has 1 atom stereocenters. The topological polar surface area (TPSA) is 115 Å². The number of carbonyl (C=O) groups is 3. The minimum atomic E-state index is -0.564.